The molecule has 4 rings (SSSR count). The van der Waals surface area contributed by atoms with Gasteiger partial charge in [-0.2, -0.15) is 5.10 Å². The van der Waals surface area contributed by atoms with Gasteiger partial charge in [0.15, 0.2) is 5.69 Å². The third-order valence-electron chi connectivity index (χ3n) is 5.09. The second-order valence-corrected chi connectivity index (χ2v) is 7.71. The lowest BCUT2D eigenvalue weighted by atomic mass is 9.93. The van der Waals surface area contributed by atoms with Crippen molar-refractivity contribution in [2.75, 3.05) is 13.1 Å². The molecule has 1 aliphatic carbocycles. The minimum absolute atomic E-state index is 0.173. The van der Waals surface area contributed by atoms with Gasteiger partial charge in [-0.05, 0) is 44.7 Å². The number of aromatic nitrogens is 3. The summed E-state index contributed by atoms with van der Waals surface area (Å²) in [6.07, 6.45) is 8.14. The molecule has 1 saturated carbocycles. The molecule has 128 valence electrons. The van der Waals surface area contributed by atoms with E-state index in [1.54, 1.807) is 5.38 Å². The number of piperidine rings is 1. The van der Waals surface area contributed by atoms with E-state index in [9.17, 15) is 4.79 Å². The van der Waals surface area contributed by atoms with E-state index in [-0.39, 0.29) is 5.69 Å². The summed E-state index contributed by atoms with van der Waals surface area (Å²) < 4.78 is 2.13. The van der Waals surface area contributed by atoms with Crippen molar-refractivity contribution in [2.45, 2.75) is 50.6 Å². The molecule has 1 saturated heterocycles. The molecule has 2 aromatic heterocycles. The molecule has 6 nitrogen and oxygen atoms in total. The van der Waals surface area contributed by atoms with Crippen LogP contribution in [-0.2, 0) is 6.54 Å². The zero-order valence-corrected chi connectivity index (χ0v) is 14.4. The molecule has 2 aliphatic rings. The minimum Gasteiger partial charge on any atom is -0.476 e. The molecule has 3 heterocycles. The highest BCUT2D eigenvalue weighted by molar-refractivity contribution is 7.09. The molecule has 0 spiro atoms. The number of hydrogen-bond donors (Lipinski definition) is 1. The van der Waals surface area contributed by atoms with Crippen LogP contribution in [0.2, 0.25) is 0 Å². The lowest BCUT2D eigenvalue weighted by Gasteiger charge is -2.31. The summed E-state index contributed by atoms with van der Waals surface area (Å²) in [5.74, 6) is -0.600. The fourth-order valence-electron chi connectivity index (χ4n) is 3.52. The van der Waals surface area contributed by atoms with Crippen molar-refractivity contribution in [3.8, 4) is 0 Å². The third-order valence-corrected chi connectivity index (χ3v) is 6.10. The van der Waals surface area contributed by atoms with Crippen molar-refractivity contribution >= 4 is 17.3 Å². The molecule has 1 atom stereocenters. The average molecular weight is 346 g/mol. The zero-order valence-electron chi connectivity index (χ0n) is 13.6. The van der Waals surface area contributed by atoms with Gasteiger partial charge in [-0.3, -0.25) is 9.58 Å². The Morgan fingerprint density at radius 2 is 2.21 bits per heavy atom. The summed E-state index contributed by atoms with van der Waals surface area (Å²) in [5, 5.41) is 16.4. The van der Waals surface area contributed by atoms with Crippen LogP contribution in [-0.4, -0.2) is 43.8 Å². The van der Waals surface area contributed by atoms with E-state index in [1.807, 2.05) is 0 Å². The van der Waals surface area contributed by atoms with E-state index in [0.29, 0.717) is 12.0 Å². The highest BCUT2D eigenvalue weighted by Crippen LogP contribution is 2.32. The molecule has 0 aromatic carbocycles. The summed E-state index contributed by atoms with van der Waals surface area (Å²) in [4.78, 5) is 17.7. The molecular formula is C17H22N4O2S. The average Bonchev–Trinajstić information content (AvgIpc) is 3.16. The molecule has 1 aliphatic heterocycles. The lowest BCUT2D eigenvalue weighted by Crippen LogP contribution is -2.34. The van der Waals surface area contributed by atoms with E-state index in [1.165, 1.54) is 30.6 Å². The van der Waals surface area contributed by atoms with Gasteiger partial charge >= 0.3 is 5.97 Å². The Bertz CT molecular complexity index is 722. The van der Waals surface area contributed by atoms with Crippen molar-refractivity contribution in [1.29, 1.82) is 0 Å². The van der Waals surface area contributed by atoms with Crippen LogP contribution in [0.4, 0.5) is 0 Å². The Hall–Kier alpha value is -1.73. The van der Waals surface area contributed by atoms with Crippen LogP contribution in [0.3, 0.4) is 0 Å². The van der Waals surface area contributed by atoms with Crippen LogP contribution < -0.4 is 0 Å². The van der Waals surface area contributed by atoms with E-state index in [0.717, 1.165) is 43.2 Å². The van der Waals surface area contributed by atoms with Gasteiger partial charge in [0.2, 0.25) is 0 Å². The second-order valence-electron chi connectivity index (χ2n) is 6.82. The second kappa shape index (κ2) is 6.64. The molecule has 0 amide bonds. The highest BCUT2D eigenvalue weighted by Gasteiger charge is 2.25. The lowest BCUT2D eigenvalue weighted by molar-refractivity contribution is 0.0691. The molecular weight excluding hydrogens is 324 g/mol. The van der Waals surface area contributed by atoms with Crippen LogP contribution in [0.5, 0.6) is 0 Å². The van der Waals surface area contributed by atoms with Gasteiger partial charge in [-0.15, -0.1) is 11.3 Å². The maximum atomic E-state index is 11.0. The fraction of sp³-hybridized carbons (Fsp3) is 0.588. The number of thiazole rings is 1. The van der Waals surface area contributed by atoms with Crippen molar-refractivity contribution in [3.63, 3.8) is 0 Å². The minimum atomic E-state index is -0.938. The fourth-order valence-corrected chi connectivity index (χ4v) is 4.44. The molecule has 2 aromatic rings. The summed E-state index contributed by atoms with van der Waals surface area (Å²) in [6.45, 7) is 2.88. The first kappa shape index (κ1) is 15.8. The number of nitrogens with zero attached hydrogens (tertiary/aromatic N) is 4. The van der Waals surface area contributed by atoms with Gasteiger partial charge < -0.3 is 5.11 Å². The number of carbonyl (C=O) groups is 1. The van der Waals surface area contributed by atoms with Crippen molar-refractivity contribution in [3.05, 3.63) is 34.0 Å². The summed E-state index contributed by atoms with van der Waals surface area (Å²) in [6, 6.07) is 2.74. The quantitative estimate of drug-likeness (QED) is 0.900. The van der Waals surface area contributed by atoms with Crippen LogP contribution in [0.15, 0.2) is 17.6 Å². The predicted molar refractivity (Wildman–Crippen MR) is 91.4 cm³/mol. The van der Waals surface area contributed by atoms with Gasteiger partial charge in [-0.25, -0.2) is 9.78 Å². The molecule has 0 bridgehead atoms. The molecule has 7 heteroatoms. The summed E-state index contributed by atoms with van der Waals surface area (Å²) in [7, 11) is 0. The van der Waals surface area contributed by atoms with E-state index in [2.05, 4.69) is 26.8 Å². The van der Waals surface area contributed by atoms with E-state index < -0.39 is 5.97 Å². The maximum Gasteiger partial charge on any atom is 0.355 e. The number of likely N-dealkylation sites (tertiary alicyclic amines) is 1. The first-order valence-corrected chi connectivity index (χ1v) is 9.52. The van der Waals surface area contributed by atoms with Crippen LogP contribution in [0, 0.1) is 0 Å². The molecule has 24 heavy (non-hydrogen) atoms. The van der Waals surface area contributed by atoms with Gasteiger partial charge in [0.25, 0.3) is 0 Å². The monoisotopic (exact) mass is 346 g/mol. The van der Waals surface area contributed by atoms with E-state index in [4.69, 9.17) is 10.2 Å². The van der Waals surface area contributed by atoms with Gasteiger partial charge in [0.1, 0.15) is 0 Å². The largest absolute Gasteiger partial charge is 0.476 e. The highest BCUT2D eigenvalue weighted by atomic mass is 32.1. The predicted octanol–water partition coefficient (Wildman–Crippen LogP) is 3.14. The van der Waals surface area contributed by atoms with Gasteiger partial charge in [0, 0.05) is 30.6 Å². The number of rotatable bonds is 5. The Balaban J connectivity index is 1.39. The van der Waals surface area contributed by atoms with Crippen molar-refractivity contribution < 1.29 is 9.90 Å². The van der Waals surface area contributed by atoms with Gasteiger partial charge in [-0.1, -0.05) is 0 Å². The number of hydrogen-bond acceptors (Lipinski definition) is 5. The standard InChI is InChI=1S/C17H22N4O2S/c22-17(23)15-11-24-16(18-15)12-3-2-7-20(9-12)10-13-6-8-21(19-13)14-4-1-5-14/h6,8,11-12,14H,1-5,7,9-10H2,(H,22,23). The Morgan fingerprint density at radius 1 is 1.33 bits per heavy atom. The topological polar surface area (TPSA) is 71.2 Å². The van der Waals surface area contributed by atoms with Crippen LogP contribution >= 0.6 is 11.3 Å². The first-order valence-electron chi connectivity index (χ1n) is 8.64. The zero-order chi connectivity index (χ0) is 16.5. The smallest absolute Gasteiger partial charge is 0.355 e. The number of carboxylic acids is 1. The first-order chi connectivity index (χ1) is 11.7. The summed E-state index contributed by atoms with van der Waals surface area (Å²) in [5.41, 5.74) is 1.30. The van der Waals surface area contributed by atoms with Crippen LogP contribution in [0.25, 0.3) is 0 Å². The SMILES string of the molecule is O=C(O)c1csc(C2CCCN(Cc3ccn(C4CCC4)n3)C2)n1. The normalized spacial score (nSPS) is 22.4. The molecule has 1 unspecified atom stereocenters. The molecule has 2 fully saturated rings. The Kier molecular flexibility index (Phi) is 4.37. The summed E-state index contributed by atoms with van der Waals surface area (Å²) >= 11 is 1.47. The number of carboxylic acid groups (broad SMARTS) is 1. The molecule has 0 radical (unpaired) electrons. The Labute approximate surface area is 145 Å². The van der Waals surface area contributed by atoms with Crippen molar-refractivity contribution in [1.82, 2.24) is 19.7 Å². The van der Waals surface area contributed by atoms with Crippen LogP contribution in [0.1, 0.15) is 65.3 Å². The van der Waals surface area contributed by atoms with Gasteiger partial charge in [0.05, 0.1) is 16.7 Å². The number of aromatic carboxylic acids is 1. The molecule has 1 N–H and O–H groups in total. The Morgan fingerprint density at radius 3 is 2.92 bits per heavy atom. The van der Waals surface area contributed by atoms with Crippen molar-refractivity contribution in [2.24, 2.45) is 0 Å². The maximum absolute atomic E-state index is 11.0. The van der Waals surface area contributed by atoms with E-state index >= 15 is 0 Å². The third kappa shape index (κ3) is 3.23.